The van der Waals surface area contributed by atoms with Gasteiger partial charge in [0.25, 0.3) is 0 Å². The molecule has 2 aromatic carbocycles. The molecule has 1 N–H and O–H groups in total. The highest BCUT2D eigenvalue weighted by molar-refractivity contribution is 6.31. The van der Waals surface area contributed by atoms with Gasteiger partial charge in [-0.15, -0.1) is 17.5 Å². The zero-order valence-electron chi connectivity index (χ0n) is 22.5. The van der Waals surface area contributed by atoms with Gasteiger partial charge in [-0.2, -0.15) is 13.2 Å². The summed E-state index contributed by atoms with van der Waals surface area (Å²) in [7, 11) is 0. The van der Waals surface area contributed by atoms with Crippen molar-refractivity contribution in [3.8, 4) is 0 Å². The second-order valence-electron chi connectivity index (χ2n) is 9.81. The molecule has 1 aliphatic rings. The Balaban J connectivity index is 0.00000462. The Morgan fingerprint density at radius 1 is 1.12 bits per heavy atom. The van der Waals surface area contributed by atoms with Crippen LogP contribution >= 0.6 is 24.0 Å². The molecule has 3 aromatic rings. The first-order chi connectivity index (χ1) is 19.1. The first kappa shape index (κ1) is 32.3. The molecule has 14 heteroatoms. The molecule has 1 atom stereocenters. The second-order valence-corrected chi connectivity index (χ2v) is 10.2. The van der Waals surface area contributed by atoms with Crippen LogP contribution in [-0.4, -0.2) is 61.0 Å². The van der Waals surface area contributed by atoms with Gasteiger partial charge in [0.05, 0.1) is 5.56 Å². The van der Waals surface area contributed by atoms with Crippen molar-refractivity contribution in [3.63, 3.8) is 0 Å². The van der Waals surface area contributed by atoms with E-state index in [0.717, 1.165) is 49.1 Å². The lowest BCUT2D eigenvalue weighted by atomic mass is 10.0. The number of nitrogens with zero attached hydrogens (tertiary/aromatic N) is 6. The van der Waals surface area contributed by atoms with Gasteiger partial charge in [0, 0.05) is 30.3 Å². The summed E-state index contributed by atoms with van der Waals surface area (Å²) in [5, 5.41) is 14.1. The number of carbonyl (C=O) groups excluding carboxylic acids is 2. The van der Waals surface area contributed by atoms with E-state index in [0.29, 0.717) is 36.8 Å². The maximum Gasteiger partial charge on any atom is 0.416 e. The Morgan fingerprint density at radius 2 is 1.88 bits per heavy atom. The van der Waals surface area contributed by atoms with E-state index in [1.807, 2.05) is 13.0 Å². The van der Waals surface area contributed by atoms with Crippen molar-refractivity contribution in [2.45, 2.75) is 64.5 Å². The molecule has 0 unspecified atom stereocenters. The standard InChI is InChI=1S/C27H31ClF3N7O2.ClH/c1-2-12-36(15-19-6-9-21(10-7-19)27(29,30)31)16-20-8-11-22(14-23(20)28)33-26(40)24-5-3-4-13-38(24)25(39)17-37-18-32-34-35-37;/h6-11,14,18,24H,2-5,12-13,15-17H2,1H3,(H,33,40);1H/t24-;/m1./s1. The summed E-state index contributed by atoms with van der Waals surface area (Å²) in [6, 6.07) is 9.83. The molecule has 0 saturated carbocycles. The third-order valence-corrected chi connectivity index (χ3v) is 7.11. The third-order valence-electron chi connectivity index (χ3n) is 6.76. The van der Waals surface area contributed by atoms with Gasteiger partial charge in [0.15, 0.2) is 0 Å². The Morgan fingerprint density at radius 3 is 2.51 bits per heavy atom. The molecule has 0 aliphatic carbocycles. The Bertz CT molecular complexity index is 1290. The summed E-state index contributed by atoms with van der Waals surface area (Å²) in [5.41, 5.74) is 1.44. The number of rotatable bonds is 10. The molecule has 2 heterocycles. The lowest BCUT2D eigenvalue weighted by Crippen LogP contribution is -2.51. The Hall–Kier alpha value is -3.22. The van der Waals surface area contributed by atoms with Gasteiger partial charge in [-0.05, 0) is 78.0 Å². The number of amides is 2. The van der Waals surface area contributed by atoms with Crippen LogP contribution in [0.3, 0.4) is 0 Å². The Kier molecular flexibility index (Phi) is 11.5. The largest absolute Gasteiger partial charge is 0.416 e. The summed E-state index contributed by atoms with van der Waals surface area (Å²) in [6.45, 7) is 4.15. The number of likely N-dealkylation sites (tertiary alicyclic amines) is 1. The summed E-state index contributed by atoms with van der Waals surface area (Å²) in [4.78, 5) is 29.7. The normalized spacial score (nSPS) is 15.5. The number of piperidine rings is 1. The number of carbonyl (C=O) groups is 2. The van der Waals surface area contributed by atoms with Gasteiger partial charge in [0.2, 0.25) is 11.8 Å². The molecule has 41 heavy (non-hydrogen) atoms. The molecule has 1 fully saturated rings. The fourth-order valence-corrected chi connectivity index (χ4v) is 5.03. The zero-order chi connectivity index (χ0) is 28.7. The molecular weight excluding hydrogens is 582 g/mol. The van der Waals surface area contributed by atoms with E-state index in [2.05, 4.69) is 25.7 Å². The minimum absolute atomic E-state index is 0. The molecule has 1 saturated heterocycles. The number of hydrogen-bond donors (Lipinski definition) is 1. The van der Waals surface area contributed by atoms with Crippen LogP contribution in [0, 0.1) is 0 Å². The van der Waals surface area contributed by atoms with E-state index in [9.17, 15) is 22.8 Å². The maximum atomic E-state index is 13.2. The van der Waals surface area contributed by atoms with Crippen molar-refractivity contribution in [2.75, 3.05) is 18.4 Å². The van der Waals surface area contributed by atoms with E-state index < -0.39 is 17.8 Å². The topological polar surface area (TPSA) is 96.2 Å². The Labute approximate surface area is 247 Å². The molecule has 0 radical (unpaired) electrons. The van der Waals surface area contributed by atoms with Crippen LogP contribution in [-0.2, 0) is 35.4 Å². The number of alkyl halides is 3. The van der Waals surface area contributed by atoms with Crippen LogP contribution in [0.2, 0.25) is 5.02 Å². The number of nitrogens with one attached hydrogen (secondary N) is 1. The molecule has 2 amide bonds. The highest BCUT2D eigenvalue weighted by Gasteiger charge is 2.32. The fourth-order valence-electron chi connectivity index (χ4n) is 4.79. The van der Waals surface area contributed by atoms with Crippen LogP contribution in [0.25, 0.3) is 0 Å². The van der Waals surface area contributed by atoms with E-state index in [4.69, 9.17) is 11.6 Å². The van der Waals surface area contributed by atoms with Crippen LogP contribution in [0.5, 0.6) is 0 Å². The predicted molar refractivity (Wildman–Crippen MR) is 150 cm³/mol. The number of tetrazole rings is 1. The second kappa shape index (κ2) is 14.6. The SMILES string of the molecule is CCCN(Cc1ccc(C(F)(F)F)cc1)Cc1ccc(NC(=O)[C@H]2CCCCN2C(=O)Cn2cnnn2)cc1Cl.Cl. The quantitative estimate of drug-likeness (QED) is 0.338. The molecule has 1 aliphatic heterocycles. The fraction of sp³-hybridized carbons (Fsp3) is 0.444. The smallest absolute Gasteiger partial charge is 0.329 e. The monoisotopic (exact) mass is 613 g/mol. The average molecular weight is 615 g/mol. The van der Waals surface area contributed by atoms with Gasteiger partial charge in [-0.25, -0.2) is 4.68 Å². The van der Waals surface area contributed by atoms with Gasteiger partial charge >= 0.3 is 6.18 Å². The molecule has 0 spiro atoms. The van der Waals surface area contributed by atoms with Crippen LogP contribution in [0.1, 0.15) is 49.3 Å². The van der Waals surface area contributed by atoms with Crippen molar-refractivity contribution in [2.24, 2.45) is 0 Å². The summed E-state index contributed by atoms with van der Waals surface area (Å²) >= 11 is 6.59. The van der Waals surface area contributed by atoms with Gasteiger partial charge in [0.1, 0.15) is 18.9 Å². The van der Waals surface area contributed by atoms with Crippen molar-refractivity contribution in [1.29, 1.82) is 0 Å². The lowest BCUT2D eigenvalue weighted by Gasteiger charge is -2.34. The average Bonchev–Trinajstić information content (AvgIpc) is 3.43. The van der Waals surface area contributed by atoms with E-state index in [-0.39, 0.29) is 30.8 Å². The van der Waals surface area contributed by atoms with Crippen LogP contribution in [0.4, 0.5) is 18.9 Å². The van der Waals surface area contributed by atoms with Gasteiger partial charge in [-0.3, -0.25) is 14.5 Å². The number of anilines is 1. The summed E-state index contributed by atoms with van der Waals surface area (Å²) in [6.07, 6.45) is 0.0366. The molecule has 222 valence electrons. The van der Waals surface area contributed by atoms with E-state index in [1.54, 1.807) is 17.0 Å². The van der Waals surface area contributed by atoms with Gasteiger partial charge in [-0.1, -0.05) is 36.7 Å². The first-order valence-corrected chi connectivity index (χ1v) is 13.5. The van der Waals surface area contributed by atoms with Crippen molar-refractivity contribution < 1.29 is 22.8 Å². The molecule has 4 rings (SSSR count). The number of halogens is 5. The number of hydrogen-bond acceptors (Lipinski definition) is 6. The zero-order valence-corrected chi connectivity index (χ0v) is 24.1. The van der Waals surface area contributed by atoms with Crippen molar-refractivity contribution in [1.82, 2.24) is 30.0 Å². The predicted octanol–water partition coefficient (Wildman–Crippen LogP) is 5.20. The number of aromatic nitrogens is 4. The number of benzene rings is 2. The van der Waals surface area contributed by atoms with Crippen molar-refractivity contribution in [3.05, 3.63) is 70.5 Å². The van der Waals surface area contributed by atoms with Crippen LogP contribution in [0.15, 0.2) is 48.8 Å². The van der Waals surface area contributed by atoms with E-state index >= 15 is 0 Å². The minimum atomic E-state index is -4.37. The lowest BCUT2D eigenvalue weighted by molar-refractivity contribution is -0.141. The minimum Gasteiger partial charge on any atom is -0.329 e. The van der Waals surface area contributed by atoms with Crippen molar-refractivity contribution >= 4 is 41.5 Å². The first-order valence-electron chi connectivity index (χ1n) is 13.1. The highest BCUT2D eigenvalue weighted by Crippen LogP contribution is 2.30. The van der Waals surface area contributed by atoms with Crippen LogP contribution < -0.4 is 5.32 Å². The van der Waals surface area contributed by atoms with Gasteiger partial charge < -0.3 is 10.2 Å². The molecular formula is C27H32Cl2F3N7O2. The third kappa shape index (κ3) is 8.88. The summed E-state index contributed by atoms with van der Waals surface area (Å²) < 4.78 is 40.0. The van der Waals surface area contributed by atoms with E-state index in [1.165, 1.54) is 23.1 Å². The molecule has 9 nitrogen and oxygen atoms in total. The molecule has 1 aromatic heterocycles. The maximum absolute atomic E-state index is 13.2. The molecule has 0 bridgehead atoms. The summed E-state index contributed by atoms with van der Waals surface area (Å²) in [5.74, 6) is -0.520. The highest BCUT2D eigenvalue weighted by atomic mass is 35.5.